The molecule has 0 aromatic carbocycles. The van der Waals surface area contributed by atoms with Crippen molar-refractivity contribution in [2.24, 2.45) is 0 Å². The summed E-state index contributed by atoms with van der Waals surface area (Å²) in [5, 5.41) is 0. The van der Waals surface area contributed by atoms with Gasteiger partial charge >= 0.3 is 0 Å². The fourth-order valence-electron chi connectivity index (χ4n) is 4.59. The maximum atomic E-state index is 6.99. The van der Waals surface area contributed by atoms with Crippen LogP contribution in [0, 0.1) is 0 Å². The molecule has 0 aliphatic rings. The van der Waals surface area contributed by atoms with Gasteiger partial charge in [-0.3, -0.25) is 0 Å². The lowest BCUT2D eigenvalue weighted by atomic mass is 9.83. The van der Waals surface area contributed by atoms with Crippen molar-refractivity contribution in [3.8, 4) is 0 Å². The minimum Gasteiger partial charge on any atom is -0.372 e. The van der Waals surface area contributed by atoms with Crippen LogP contribution in [0.2, 0.25) is 0 Å². The molecule has 0 amide bonds. The number of halogens is 1. The molecule has 2 unspecified atom stereocenters. The molecule has 0 aliphatic heterocycles. The minimum atomic E-state index is -0.757. The normalized spacial score (nSPS) is 16.4. The van der Waals surface area contributed by atoms with Crippen LogP contribution < -0.4 is 0 Å². The number of hydrogen-bond acceptors (Lipinski definition) is 3. The lowest BCUT2D eigenvalue weighted by Crippen LogP contribution is -2.66. The first-order valence-electron chi connectivity index (χ1n) is 13.1. The SMILES string of the molecule is CCCCCCCCCCCCCCCCCCC(C)(Cl)C(C)(OC)C([SiH3])(OC)OC. The molecular formula is C26H55ClO3Si. The van der Waals surface area contributed by atoms with Crippen LogP contribution >= 0.6 is 11.6 Å². The first-order valence-corrected chi connectivity index (χ1v) is 14.5. The first kappa shape index (κ1) is 31.4. The Hall–Kier alpha value is 0.387. The molecule has 0 radical (unpaired) electrons. The van der Waals surface area contributed by atoms with Crippen molar-refractivity contribution < 1.29 is 14.2 Å². The number of rotatable bonds is 22. The quantitative estimate of drug-likeness (QED) is 0.0703. The molecule has 188 valence electrons. The van der Waals surface area contributed by atoms with E-state index in [1.54, 1.807) is 21.3 Å². The van der Waals surface area contributed by atoms with E-state index in [2.05, 4.69) is 13.8 Å². The fraction of sp³-hybridized carbons (Fsp3) is 1.00. The Morgan fingerprint density at radius 2 is 0.903 bits per heavy atom. The molecule has 0 spiro atoms. The van der Waals surface area contributed by atoms with E-state index in [1.807, 2.05) is 6.92 Å². The molecule has 0 saturated heterocycles. The van der Waals surface area contributed by atoms with Crippen LogP contribution in [0.25, 0.3) is 0 Å². The lowest BCUT2D eigenvalue weighted by Gasteiger charge is -2.51. The molecule has 0 N–H and O–H groups in total. The topological polar surface area (TPSA) is 27.7 Å². The second-order valence-electron chi connectivity index (χ2n) is 9.84. The van der Waals surface area contributed by atoms with E-state index < -0.39 is 15.9 Å². The van der Waals surface area contributed by atoms with Gasteiger partial charge in [-0.2, -0.15) is 0 Å². The van der Waals surface area contributed by atoms with Gasteiger partial charge in [-0.25, -0.2) is 0 Å². The highest BCUT2D eigenvalue weighted by Gasteiger charge is 2.56. The summed E-state index contributed by atoms with van der Waals surface area (Å²) in [5.41, 5.74) is -1.44. The van der Waals surface area contributed by atoms with Crippen LogP contribution in [0.5, 0.6) is 0 Å². The third-order valence-electron chi connectivity index (χ3n) is 7.55. The Labute approximate surface area is 203 Å². The summed E-state index contributed by atoms with van der Waals surface area (Å²) in [6, 6.07) is 0. The van der Waals surface area contributed by atoms with Crippen molar-refractivity contribution in [2.45, 2.75) is 146 Å². The minimum absolute atomic E-state index is 0.536. The zero-order valence-corrected chi connectivity index (χ0v) is 24.9. The smallest absolute Gasteiger partial charge is 0.169 e. The van der Waals surface area contributed by atoms with Gasteiger partial charge in [0.1, 0.15) is 5.60 Å². The van der Waals surface area contributed by atoms with Gasteiger partial charge in [0, 0.05) is 21.3 Å². The Bertz CT molecular complexity index is 415. The van der Waals surface area contributed by atoms with E-state index in [4.69, 9.17) is 25.8 Å². The predicted molar refractivity (Wildman–Crippen MR) is 141 cm³/mol. The van der Waals surface area contributed by atoms with Crippen molar-refractivity contribution in [3.05, 3.63) is 0 Å². The fourth-order valence-corrected chi connectivity index (χ4v) is 5.88. The number of hydrogen-bond donors (Lipinski definition) is 0. The third-order valence-corrected chi connectivity index (χ3v) is 9.87. The van der Waals surface area contributed by atoms with E-state index in [0.717, 1.165) is 12.8 Å². The summed E-state index contributed by atoms with van der Waals surface area (Å²) in [5.74, 6) is 0. The largest absolute Gasteiger partial charge is 0.372 e. The van der Waals surface area contributed by atoms with Gasteiger partial charge in [0.25, 0.3) is 0 Å². The first-order chi connectivity index (χ1) is 14.7. The van der Waals surface area contributed by atoms with Crippen LogP contribution in [0.4, 0.5) is 0 Å². The van der Waals surface area contributed by atoms with Crippen molar-refractivity contribution in [3.63, 3.8) is 0 Å². The predicted octanol–water partition coefficient (Wildman–Crippen LogP) is 7.35. The number of methoxy groups -OCH3 is 3. The van der Waals surface area contributed by atoms with Gasteiger partial charge in [0.2, 0.25) is 0 Å². The summed E-state index contributed by atoms with van der Waals surface area (Å²) in [6.07, 6.45) is 22.9. The summed E-state index contributed by atoms with van der Waals surface area (Å²) >= 11 is 6.99. The van der Waals surface area contributed by atoms with Crippen LogP contribution in [-0.2, 0) is 14.2 Å². The summed E-state index contributed by atoms with van der Waals surface area (Å²) < 4.78 is 17.3. The summed E-state index contributed by atoms with van der Waals surface area (Å²) in [7, 11) is 5.73. The molecule has 0 saturated carbocycles. The standard InChI is InChI=1S/C26H55ClO3Si/c1-7-8-9-10-11-12-13-14-15-16-17-18-19-20-21-22-23-24(2,27)25(3,28-4)26(31,29-5)30-6/h7-23H2,1-6,31H3. The van der Waals surface area contributed by atoms with Crippen LogP contribution in [0.3, 0.4) is 0 Å². The van der Waals surface area contributed by atoms with Crippen molar-refractivity contribution in [2.75, 3.05) is 21.3 Å². The molecule has 0 heterocycles. The van der Waals surface area contributed by atoms with Gasteiger partial charge in [-0.05, 0) is 20.3 Å². The summed E-state index contributed by atoms with van der Waals surface area (Å²) in [4.78, 5) is -0.536. The molecule has 0 rings (SSSR count). The molecule has 0 aromatic heterocycles. The van der Waals surface area contributed by atoms with Crippen LogP contribution in [0.15, 0.2) is 0 Å². The molecule has 2 atom stereocenters. The second-order valence-corrected chi connectivity index (χ2v) is 12.0. The van der Waals surface area contributed by atoms with Gasteiger partial charge in [0.05, 0.1) is 15.1 Å². The van der Waals surface area contributed by atoms with Crippen molar-refractivity contribution in [1.82, 2.24) is 0 Å². The van der Waals surface area contributed by atoms with Crippen molar-refractivity contribution in [1.29, 1.82) is 0 Å². The van der Waals surface area contributed by atoms with Gasteiger partial charge in [0.15, 0.2) is 5.41 Å². The molecule has 0 aliphatic carbocycles. The second kappa shape index (κ2) is 17.8. The average molecular weight is 479 g/mol. The van der Waals surface area contributed by atoms with Gasteiger partial charge < -0.3 is 14.2 Å². The number of alkyl halides is 1. The molecule has 3 nitrogen and oxygen atoms in total. The van der Waals surface area contributed by atoms with Crippen molar-refractivity contribution >= 4 is 21.8 Å². The zero-order valence-electron chi connectivity index (χ0n) is 22.1. The maximum Gasteiger partial charge on any atom is 0.169 e. The maximum absolute atomic E-state index is 6.99. The molecule has 0 fully saturated rings. The zero-order chi connectivity index (χ0) is 23.6. The van der Waals surface area contributed by atoms with Crippen LogP contribution in [0.1, 0.15) is 130 Å². The highest BCUT2D eigenvalue weighted by atomic mass is 35.5. The Morgan fingerprint density at radius 1 is 0.581 bits per heavy atom. The third kappa shape index (κ3) is 11.4. The van der Waals surface area contributed by atoms with E-state index in [9.17, 15) is 0 Å². The highest BCUT2D eigenvalue weighted by molar-refractivity contribution is 6.26. The van der Waals surface area contributed by atoms with Crippen LogP contribution in [-0.4, -0.2) is 47.5 Å². The number of ether oxygens (including phenoxy) is 3. The summed E-state index contributed by atoms with van der Waals surface area (Å²) in [6.45, 7) is 6.37. The monoisotopic (exact) mass is 478 g/mol. The average Bonchev–Trinajstić information content (AvgIpc) is 2.77. The lowest BCUT2D eigenvalue weighted by molar-refractivity contribution is -0.262. The molecular weight excluding hydrogens is 424 g/mol. The molecule has 5 heteroatoms. The Balaban J connectivity index is 3.80. The van der Waals surface area contributed by atoms with E-state index in [1.165, 1.54) is 96.3 Å². The Morgan fingerprint density at radius 3 is 1.19 bits per heavy atom. The number of unbranched alkanes of at least 4 members (excludes halogenated alkanes) is 15. The van der Waals surface area contributed by atoms with E-state index in [-0.39, 0.29) is 0 Å². The van der Waals surface area contributed by atoms with E-state index in [0.29, 0.717) is 10.2 Å². The molecule has 0 bridgehead atoms. The highest BCUT2D eigenvalue weighted by Crippen LogP contribution is 2.44. The molecule has 0 aromatic rings. The molecule has 31 heavy (non-hydrogen) atoms. The van der Waals surface area contributed by atoms with E-state index >= 15 is 0 Å². The van der Waals surface area contributed by atoms with Gasteiger partial charge in [-0.15, -0.1) is 11.6 Å². The Kier molecular flexibility index (Phi) is 18.0. The van der Waals surface area contributed by atoms with Gasteiger partial charge in [-0.1, -0.05) is 110 Å².